The maximum absolute atomic E-state index is 5.31. The molecule has 1 saturated heterocycles. The molecular weight excluding hydrogens is 212 g/mol. The molecule has 0 aliphatic carbocycles. The molecule has 3 nitrogen and oxygen atoms in total. The van der Waals surface area contributed by atoms with Crippen molar-refractivity contribution in [3.8, 4) is 0 Å². The molecule has 2 heterocycles. The van der Waals surface area contributed by atoms with E-state index in [0.29, 0.717) is 6.10 Å². The third-order valence-corrected chi connectivity index (χ3v) is 4.01. The Labute approximate surface area is 103 Å². The average molecular weight is 232 g/mol. The molecule has 0 N–H and O–H groups in total. The summed E-state index contributed by atoms with van der Waals surface area (Å²) in [6, 6.07) is 6.70. The van der Waals surface area contributed by atoms with Crippen LogP contribution in [0.4, 0.5) is 5.69 Å². The lowest BCUT2D eigenvalue weighted by molar-refractivity contribution is -0.0334. The van der Waals surface area contributed by atoms with Crippen LogP contribution in [0.2, 0.25) is 0 Å². The maximum atomic E-state index is 5.31. The number of benzene rings is 1. The molecule has 2 aliphatic rings. The van der Waals surface area contributed by atoms with Gasteiger partial charge in [-0.15, -0.1) is 0 Å². The first-order valence-electron chi connectivity index (χ1n) is 6.35. The standard InChI is InChI=1S/C14H20N2O/c1-15-7-6-13-11(4-3-5-14(13)15)8-16-9-12(10-16)17-2/h3-5,12H,6-10H2,1-2H3. The molecule has 0 unspecified atom stereocenters. The molecule has 1 fully saturated rings. The van der Waals surface area contributed by atoms with Gasteiger partial charge in [0.25, 0.3) is 0 Å². The van der Waals surface area contributed by atoms with Gasteiger partial charge < -0.3 is 9.64 Å². The summed E-state index contributed by atoms with van der Waals surface area (Å²) < 4.78 is 5.31. The first-order valence-corrected chi connectivity index (χ1v) is 6.35. The SMILES string of the molecule is COC1CN(Cc2cccc3c2CCN3C)C1. The Balaban J connectivity index is 1.72. The average Bonchev–Trinajstić information content (AvgIpc) is 2.66. The largest absolute Gasteiger partial charge is 0.379 e. The number of hydrogen-bond donors (Lipinski definition) is 0. The van der Waals surface area contributed by atoms with E-state index in [4.69, 9.17) is 4.74 Å². The second-order valence-electron chi connectivity index (χ2n) is 5.14. The van der Waals surface area contributed by atoms with Crippen LogP contribution in [0, 0.1) is 0 Å². The highest BCUT2D eigenvalue weighted by Gasteiger charge is 2.27. The van der Waals surface area contributed by atoms with Crippen molar-refractivity contribution < 1.29 is 4.74 Å². The predicted molar refractivity (Wildman–Crippen MR) is 69.5 cm³/mol. The van der Waals surface area contributed by atoms with Gasteiger partial charge in [-0.25, -0.2) is 0 Å². The van der Waals surface area contributed by atoms with E-state index in [-0.39, 0.29) is 0 Å². The fourth-order valence-corrected chi connectivity index (χ4v) is 2.86. The molecule has 0 bridgehead atoms. The van der Waals surface area contributed by atoms with Gasteiger partial charge in [0.1, 0.15) is 0 Å². The Bertz CT molecular complexity index is 413. The minimum absolute atomic E-state index is 0.453. The number of likely N-dealkylation sites (tertiary alicyclic amines) is 1. The Morgan fingerprint density at radius 3 is 2.94 bits per heavy atom. The van der Waals surface area contributed by atoms with Crippen LogP contribution in [0.15, 0.2) is 18.2 Å². The highest BCUT2D eigenvalue weighted by atomic mass is 16.5. The summed E-state index contributed by atoms with van der Waals surface area (Å²) >= 11 is 0. The van der Waals surface area contributed by atoms with Crippen molar-refractivity contribution >= 4 is 5.69 Å². The lowest BCUT2D eigenvalue weighted by Gasteiger charge is -2.38. The highest BCUT2D eigenvalue weighted by molar-refractivity contribution is 5.60. The predicted octanol–water partition coefficient (Wildman–Crippen LogP) is 1.51. The summed E-state index contributed by atoms with van der Waals surface area (Å²) in [6.45, 7) is 4.40. The molecule has 2 aliphatic heterocycles. The Morgan fingerprint density at radius 1 is 1.35 bits per heavy atom. The summed E-state index contributed by atoms with van der Waals surface area (Å²) in [5.41, 5.74) is 4.48. The summed E-state index contributed by atoms with van der Waals surface area (Å²) in [5, 5.41) is 0. The van der Waals surface area contributed by atoms with Gasteiger partial charge in [0.05, 0.1) is 6.10 Å². The van der Waals surface area contributed by atoms with Crippen LogP contribution < -0.4 is 4.90 Å². The zero-order chi connectivity index (χ0) is 11.8. The van der Waals surface area contributed by atoms with Gasteiger partial charge in [0.15, 0.2) is 0 Å². The lowest BCUT2D eigenvalue weighted by Crippen LogP contribution is -2.51. The van der Waals surface area contributed by atoms with Crippen LogP contribution in [0.25, 0.3) is 0 Å². The lowest BCUT2D eigenvalue weighted by atomic mass is 10.0. The van der Waals surface area contributed by atoms with Crippen LogP contribution in [0.3, 0.4) is 0 Å². The van der Waals surface area contributed by atoms with E-state index in [2.05, 4.69) is 35.0 Å². The Hall–Kier alpha value is -1.06. The van der Waals surface area contributed by atoms with Crippen molar-refractivity contribution in [3.63, 3.8) is 0 Å². The second kappa shape index (κ2) is 4.31. The van der Waals surface area contributed by atoms with Crippen molar-refractivity contribution in [1.29, 1.82) is 0 Å². The number of hydrogen-bond acceptors (Lipinski definition) is 3. The third kappa shape index (κ3) is 1.94. The fraction of sp³-hybridized carbons (Fsp3) is 0.571. The maximum Gasteiger partial charge on any atom is 0.0825 e. The van der Waals surface area contributed by atoms with Gasteiger partial charge in [-0.1, -0.05) is 12.1 Å². The van der Waals surface area contributed by atoms with Gasteiger partial charge in [0.2, 0.25) is 0 Å². The normalized spacial score (nSPS) is 20.5. The molecule has 0 atom stereocenters. The number of anilines is 1. The number of methoxy groups -OCH3 is 1. The second-order valence-corrected chi connectivity index (χ2v) is 5.14. The van der Waals surface area contributed by atoms with Crippen LogP contribution in [-0.4, -0.2) is 44.8 Å². The number of nitrogens with zero attached hydrogens (tertiary/aromatic N) is 2. The van der Waals surface area contributed by atoms with Crippen molar-refractivity contribution in [2.45, 2.75) is 19.1 Å². The van der Waals surface area contributed by atoms with Crippen molar-refractivity contribution in [3.05, 3.63) is 29.3 Å². The van der Waals surface area contributed by atoms with Crippen molar-refractivity contribution in [1.82, 2.24) is 4.90 Å². The van der Waals surface area contributed by atoms with E-state index in [0.717, 1.165) is 26.2 Å². The quantitative estimate of drug-likeness (QED) is 0.785. The zero-order valence-corrected chi connectivity index (χ0v) is 10.6. The topological polar surface area (TPSA) is 15.7 Å². The number of ether oxygens (including phenoxy) is 1. The van der Waals surface area contributed by atoms with Gasteiger partial charge >= 0.3 is 0 Å². The van der Waals surface area contributed by atoms with Crippen LogP contribution >= 0.6 is 0 Å². The molecule has 0 radical (unpaired) electrons. The van der Waals surface area contributed by atoms with Crippen LogP contribution in [0.5, 0.6) is 0 Å². The van der Waals surface area contributed by atoms with Gasteiger partial charge in [0, 0.05) is 46.0 Å². The van der Waals surface area contributed by atoms with Crippen LogP contribution in [0.1, 0.15) is 11.1 Å². The van der Waals surface area contributed by atoms with E-state index < -0.39 is 0 Å². The minimum atomic E-state index is 0.453. The molecule has 1 aromatic carbocycles. The monoisotopic (exact) mass is 232 g/mol. The molecule has 3 rings (SSSR count). The Morgan fingerprint density at radius 2 is 2.18 bits per heavy atom. The van der Waals surface area contributed by atoms with Crippen molar-refractivity contribution in [2.24, 2.45) is 0 Å². The molecule has 0 spiro atoms. The van der Waals surface area contributed by atoms with E-state index >= 15 is 0 Å². The molecule has 0 amide bonds. The van der Waals surface area contributed by atoms with E-state index in [1.54, 1.807) is 12.7 Å². The molecule has 1 aromatic rings. The first-order chi connectivity index (χ1) is 8.28. The van der Waals surface area contributed by atoms with Crippen LogP contribution in [-0.2, 0) is 17.7 Å². The summed E-state index contributed by atoms with van der Waals surface area (Å²) in [7, 11) is 3.98. The minimum Gasteiger partial charge on any atom is -0.379 e. The molecule has 0 aromatic heterocycles. The van der Waals surface area contributed by atoms with Gasteiger partial charge in [-0.2, -0.15) is 0 Å². The van der Waals surface area contributed by atoms with Crippen molar-refractivity contribution in [2.75, 3.05) is 38.7 Å². The molecule has 0 saturated carbocycles. The molecule has 92 valence electrons. The zero-order valence-electron chi connectivity index (χ0n) is 10.6. The van der Waals surface area contributed by atoms with E-state index in [1.807, 2.05) is 0 Å². The van der Waals surface area contributed by atoms with Gasteiger partial charge in [-0.3, -0.25) is 4.90 Å². The van der Waals surface area contributed by atoms with Gasteiger partial charge in [-0.05, 0) is 23.6 Å². The number of rotatable bonds is 3. The number of fused-ring (bicyclic) bond motifs is 1. The number of likely N-dealkylation sites (N-methyl/N-ethyl adjacent to an activating group) is 1. The van der Waals surface area contributed by atoms with E-state index in [9.17, 15) is 0 Å². The summed E-state index contributed by atoms with van der Waals surface area (Å²) in [4.78, 5) is 4.81. The van der Waals surface area contributed by atoms with E-state index in [1.165, 1.54) is 17.7 Å². The fourth-order valence-electron chi connectivity index (χ4n) is 2.86. The first kappa shape index (κ1) is 11.1. The summed E-state index contributed by atoms with van der Waals surface area (Å²) in [5.74, 6) is 0. The third-order valence-electron chi connectivity index (χ3n) is 4.01. The molecule has 17 heavy (non-hydrogen) atoms. The molecular formula is C14H20N2O. The highest BCUT2D eigenvalue weighted by Crippen LogP contribution is 2.30. The Kier molecular flexibility index (Phi) is 2.81. The smallest absolute Gasteiger partial charge is 0.0825 e. The summed E-state index contributed by atoms with van der Waals surface area (Å²) in [6.07, 6.45) is 1.65. The molecule has 3 heteroatoms.